The number of halogens is 1. The third-order valence-electron chi connectivity index (χ3n) is 23.4. The Hall–Kier alpha value is -10.3. The van der Waals surface area contributed by atoms with Crippen molar-refractivity contribution in [3.63, 3.8) is 0 Å². The van der Waals surface area contributed by atoms with Gasteiger partial charge in [-0.2, -0.15) is 0 Å². The van der Waals surface area contributed by atoms with E-state index in [0.29, 0.717) is 73.6 Å². The summed E-state index contributed by atoms with van der Waals surface area (Å²) in [7, 11) is 9.78. The maximum absolute atomic E-state index is 15.4. The van der Waals surface area contributed by atoms with E-state index < -0.39 is 156 Å². The number of Topliss-reactive ketones (excluding diaryl/α,β-unsaturated/α-hetero) is 1. The van der Waals surface area contributed by atoms with Gasteiger partial charge in [0, 0.05) is 127 Å². The fourth-order valence-corrected chi connectivity index (χ4v) is 17.6. The van der Waals surface area contributed by atoms with Crippen LogP contribution in [0, 0.1) is 11.8 Å². The summed E-state index contributed by atoms with van der Waals surface area (Å²) in [5.74, 6) is -7.28. The maximum atomic E-state index is 15.4. The Morgan fingerprint density at radius 1 is 0.756 bits per heavy atom. The number of nitrogens with one attached hydrogen (secondary N) is 9. The molecule has 0 aliphatic carbocycles. The van der Waals surface area contributed by atoms with Crippen molar-refractivity contribution in [3.05, 3.63) is 148 Å². The molecule has 127 heavy (non-hydrogen) atoms. The molecule has 0 spiro atoms. The summed E-state index contributed by atoms with van der Waals surface area (Å²) in [6.45, 7) is 12.7. The Morgan fingerprint density at radius 3 is 2.09 bits per heavy atom. The standard InChI is InChI=1S/C91H126ClN13O20S2/c1-54-25-24-31-74(122-12)91(120)52-73(123-89(119)102-91)56(3)81-90(7,125-81)75(51-78(111)104(9)71-48-62(45-54)49-72(121-11)79(71)92)124-87(117)57(4)103(8)77(110)38-43-126-127-44-42-94-76(109)37-36-70(84(114)99-68(46-61-32-34-64(108)35-33-61)83(113)98-67(58(5)106)50-63-53-97-66-30-19-18-29-65(63)66)105(10)86(116)69(47-60-27-16-15-17-28-60)100-85(115)80(59(6)107)101-82(112)55(2)26-20-23-41-96-88(118)95-40-22-14-13-21-39-93/h15-19,24-25,27-35,48-49,53,55-57,59,67-70,73-75,80-81,97,107-108,120H,13-14,20-23,26,36-47,50-52,93H2,1-12H3,(H,94,109)(H,98,113)(H,99,114)(H,100,115)(H,101,112)(H,102,119)(H2,95,96,118)/b31-24+,54-25+/t55-,56+,57-,59+,67+,68-,69-,70-,73-,74+,75-,80-,81-,90-,91-/m0/s1. The number of aromatic nitrogens is 1. The maximum Gasteiger partial charge on any atom is 0.409 e. The lowest BCUT2D eigenvalue weighted by Crippen LogP contribution is -2.63. The summed E-state index contributed by atoms with van der Waals surface area (Å²) in [5, 5.41) is 56.4. The molecule has 0 unspecified atom stereocenters. The number of anilines is 1. The number of urea groups is 1. The highest BCUT2D eigenvalue weighted by Crippen LogP contribution is 2.49. The number of alkyl carbamates (subject to hydrolysis) is 1. The van der Waals surface area contributed by atoms with E-state index in [4.69, 9.17) is 41.0 Å². The molecular formula is C91H126ClN13O20S2. The molecule has 2 fully saturated rings. The predicted molar refractivity (Wildman–Crippen MR) is 485 cm³/mol. The van der Waals surface area contributed by atoms with Gasteiger partial charge >= 0.3 is 18.1 Å². The van der Waals surface area contributed by atoms with Crippen LogP contribution in [0.25, 0.3) is 10.9 Å². The van der Waals surface area contributed by atoms with Gasteiger partial charge in [-0.15, -0.1) is 0 Å². The topological polar surface area (TPSA) is 463 Å². The van der Waals surface area contributed by atoms with Crippen LogP contribution in [-0.2, 0) is 92.6 Å². The van der Waals surface area contributed by atoms with E-state index in [9.17, 15) is 63.3 Å². The minimum Gasteiger partial charge on any atom is -0.508 e. The first kappa shape index (κ1) is 102. The molecule has 15 atom stereocenters. The number of amides is 11. The SMILES string of the molecule is COc1cc2cc(c1Cl)N(C)C(=O)C[C@H](OC(=O)[C@H](C)N(C)C(=O)CCSSCCNC(=O)CC[C@@H](C(=O)N[C@@H](Cc1ccc(O)cc1)C(=O)N[C@H](Cc1c[nH]c3ccccc13)C(C)=O)N(C)C(=O)[C@H](Cc1ccccc1)NC(=O)[C@@H](NC(=O)[C@@H](C)CCCCNC(=O)NCCCCCCN)[C@@H](C)O)[C@]1(C)O[C@H]1[C@H](C)[C@@H]1C[C@@](O)(NC(=O)O1)[C@H](OC)/C=C/C=C(\C)C2. The minimum atomic E-state index is -1.93. The molecule has 36 heteroatoms. The number of para-hydroxylation sites is 1. The molecule has 8 rings (SSSR count). The lowest BCUT2D eigenvalue weighted by Gasteiger charge is -2.42. The molecular weight excluding hydrogens is 1690 g/mol. The number of aliphatic hydroxyl groups is 2. The molecule has 694 valence electrons. The third-order valence-corrected chi connectivity index (χ3v) is 26.2. The average molecular weight is 1820 g/mol. The Morgan fingerprint density at radius 2 is 1.41 bits per heavy atom. The second kappa shape index (κ2) is 49.3. The van der Waals surface area contributed by atoms with Crippen LogP contribution >= 0.6 is 33.2 Å². The summed E-state index contributed by atoms with van der Waals surface area (Å²) >= 11 is 6.90. The van der Waals surface area contributed by atoms with Crippen LogP contribution in [0.1, 0.15) is 148 Å². The van der Waals surface area contributed by atoms with Crippen molar-refractivity contribution in [1.82, 2.24) is 57.3 Å². The number of esters is 1. The van der Waals surface area contributed by atoms with Gasteiger partial charge in [-0.1, -0.05) is 151 Å². The van der Waals surface area contributed by atoms with Gasteiger partial charge in [-0.25, -0.2) is 14.4 Å². The van der Waals surface area contributed by atoms with Gasteiger partial charge in [0.15, 0.2) is 11.5 Å². The Balaban J connectivity index is 0.930. The highest BCUT2D eigenvalue weighted by atomic mass is 35.5. The minimum absolute atomic E-state index is 0.0474. The van der Waals surface area contributed by atoms with Gasteiger partial charge in [0.05, 0.1) is 37.5 Å². The number of aromatic amines is 1. The van der Waals surface area contributed by atoms with Crippen molar-refractivity contribution < 1.29 is 96.5 Å². The van der Waals surface area contributed by atoms with Gasteiger partial charge in [0.1, 0.15) is 70.6 Å². The fraction of sp³-hybridized carbons (Fsp3) is 0.538. The van der Waals surface area contributed by atoms with E-state index in [1.807, 2.05) is 37.3 Å². The van der Waals surface area contributed by atoms with Gasteiger partial charge in [-0.3, -0.25) is 48.5 Å². The number of aliphatic hydroxyl groups excluding tert-OH is 1. The molecule has 1 aromatic heterocycles. The number of unbranched alkanes of at least 4 members (excludes halogenated alkanes) is 4. The molecule has 33 nitrogen and oxygen atoms in total. The van der Waals surface area contributed by atoms with Crippen LogP contribution in [0.15, 0.2) is 121 Å². The monoisotopic (exact) mass is 1820 g/mol. The normalized spacial score (nSPS) is 21.3. The molecule has 14 N–H and O–H groups in total. The van der Waals surface area contributed by atoms with Crippen LogP contribution in [0.4, 0.5) is 15.3 Å². The summed E-state index contributed by atoms with van der Waals surface area (Å²) in [4.78, 5) is 177. The van der Waals surface area contributed by atoms with Gasteiger partial charge in [0.2, 0.25) is 47.3 Å². The highest BCUT2D eigenvalue weighted by Gasteiger charge is 2.65. The van der Waals surface area contributed by atoms with Crippen molar-refractivity contribution in [2.75, 3.05) is 77.9 Å². The van der Waals surface area contributed by atoms with E-state index >= 15 is 9.59 Å². The number of aromatic hydroxyl groups is 1. The first-order valence-electron chi connectivity index (χ1n) is 43.1. The van der Waals surface area contributed by atoms with Gasteiger partial charge in [0.25, 0.3) is 0 Å². The fourth-order valence-electron chi connectivity index (χ4n) is 15.4. The van der Waals surface area contributed by atoms with Crippen LogP contribution in [0.3, 0.4) is 0 Å². The number of carbonyl (C=O) groups is 12. The first-order chi connectivity index (χ1) is 60.5. The molecule has 0 saturated carbocycles. The summed E-state index contributed by atoms with van der Waals surface area (Å²) in [5.41, 5.74) is 6.77. The number of hydrogen-bond acceptors (Lipinski definition) is 23. The number of allylic oxidation sites excluding steroid dienone is 3. The Labute approximate surface area is 755 Å². The highest BCUT2D eigenvalue weighted by molar-refractivity contribution is 8.76. The lowest BCUT2D eigenvalue weighted by molar-refractivity contribution is -0.162. The largest absolute Gasteiger partial charge is 0.508 e. The predicted octanol–water partition coefficient (Wildman–Crippen LogP) is 7.46. The molecule has 4 bridgehead atoms. The number of fused-ring (bicyclic) bond motifs is 6. The van der Waals surface area contributed by atoms with E-state index in [1.165, 1.54) is 99.7 Å². The van der Waals surface area contributed by atoms with E-state index in [-0.39, 0.29) is 79.8 Å². The smallest absolute Gasteiger partial charge is 0.409 e. The number of epoxide rings is 1. The number of likely N-dealkylation sites (N-methyl/N-ethyl adjacent to an activating group) is 2. The number of phenolic OH excluding ortho intramolecular Hbond substituents is 1. The van der Waals surface area contributed by atoms with Crippen LogP contribution < -0.4 is 57.9 Å². The number of methoxy groups -OCH3 is 2. The lowest BCUT2D eigenvalue weighted by atomic mass is 9.83. The van der Waals surface area contributed by atoms with Crippen molar-refractivity contribution in [1.29, 1.82) is 0 Å². The van der Waals surface area contributed by atoms with Gasteiger partial charge in [-0.05, 0) is 132 Å². The molecule has 5 aromatic rings. The molecule has 3 aliphatic heterocycles. The van der Waals surface area contributed by atoms with Crippen molar-refractivity contribution >= 4 is 121 Å². The van der Waals surface area contributed by atoms with Crippen molar-refractivity contribution in [2.24, 2.45) is 17.6 Å². The number of carbonyl (C=O) groups excluding carboxylic acids is 12. The summed E-state index contributed by atoms with van der Waals surface area (Å²) in [6, 6.07) is 16.8. The zero-order valence-electron chi connectivity index (χ0n) is 74.4. The van der Waals surface area contributed by atoms with Crippen LogP contribution in [0.5, 0.6) is 11.5 Å². The number of nitrogens with zero attached hydrogens (tertiary/aromatic N) is 3. The first-order valence-corrected chi connectivity index (χ1v) is 46.0. The summed E-state index contributed by atoms with van der Waals surface area (Å²) in [6.07, 6.45) is 4.31. The van der Waals surface area contributed by atoms with Gasteiger partial charge < -0.3 is 102 Å². The van der Waals surface area contributed by atoms with Crippen LogP contribution in [0.2, 0.25) is 5.02 Å². The van der Waals surface area contributed by atoms with E-state index in [2.05, 4.69) is 47.5 Å². The van der Waals surface area contributed by atoms with Crippen LogP contribution in [-0.4, -0.2) is 252 Å². The molecule has 11 amide bonds. The number of benzene rings is 4. The molecule has 0 radical (unpaired) electrons. The molecule has 4 aromatic carbocycles. The molecule has 4 heterocycles. The number of hydrogen-bond donors (Lipinski definition) is 13. The van der Waals surface area contributed by atoms with E-state index in [0.717, 1.165) is 58.2 Å². The number of ketones is 1. The number of H-pyrrole nitrogens is 1. The molecule has 2 saturated heterocycles. The van der Waals surface area contributed by atoms with Crippen molar-refractivity contribution in [2.45, 2.75) is 229 Å². The zero-order chi connectivity index (χ0) is 92.8. The second-order valence-electron chi connectivity index (χ2n) is 33.1. The number of ether oxygens (including phenoxy) is 5. The van der Waals surface area contributed by atoms with E-state index in [1.54, 1.807) is 93.7 Å². The number of nitrogens with two attached hydrogens (primary N) is 1. The third kappa shape index (κ3) is 29.9. The zero-order valence-corrected chi connectivity index (χ0v) is 76.8. The number of phenols is 1. The average Bonchev–Trinajstić information content (AvgIpc) is 1.57. The quantitative estimate of drug-likeness (QED) is 0.00778. The number of rotatable bonds is 44. The summed E-state index contributed by atoms with van der Waals surface area (Å²) < 4.78 is 29.7. The Kier molecular flexibility index (Phi) is 39.7. The molecule has 3 aliphatic rings. The Bertz CT molecular complexity index is 4660. The second-order valence-corrected chi connectivity index (χ2v) is 36.2. The van der Waals surface area contributed by atoms with Crippen molar-refractivity contribution in [3.8, 4) is 11.5 Å².